The summed E-state index contributed by atoms with van der Waals surface area (Å²) in [6.07, 6.45) is 3.55. The van der Waals surface area contributed by atoms with E-state index in [4.69, 9.17) is 9.47 Å². The number of benzene rings is 2. The van der Waals surface area contributed by atoms with Crippen molar-refractivity contribution in [3.05, 3.63) is 59.7 Å². The van der Waals surface area contributed by atoms with Crippen LogP contribution >= 0.6 is 0 Å². The van der Waals surface area contributed by atoms with E-state index in [0.717, 1.165) is 12.2 Å². The van der Waals surface area contributed by atoms with E-state index in [-0.39, 0.29) is 12.5 Å². The molecular weight excluding hydrogens is 290 g/mol. The van der Waals surface area contributed by atoms with E-state index in [2.05, 4.69) is 17.4 Å². The van der Waals surface area contributed by atoms with Gasteiger partial charge in [-0.15, -0.1) is 0 Å². The van der Waals surface area contributed by atoms with Crippen molar-refractivity contribution in [1.29, 1.82) is 0 Å². The van der Waals surface area contributed by atoms with Crippen molar-refractivity contribution in [1.82, 2.24) is 5.32 Å². The van der Waals surface area contributed by atoms with E-state index in [1.807, 2.05) is 36.4 Å². The molecule has 0 aliphatic heterocycles. The van der Waals surface area contributed by atoms with Crippen LogP contribution in [0, 0.1) is 0 Å². The van der Waals surface area contributed by atoms with Crippen molar-refractivity contribution >= 4 is 5.91 Å². The van der Waals surface area contributed by atoms with Gasteiger partial charge >= 0.3 is 0 Å². The normalized spacial score (nSPS) is 12.5. The number of nitrogens with one attached hydrogen (secondary N) is 1. The molecule has 0 saturated heterocycles. The van der Waals surface area contributed by atoms with Crippen LogP contribution in [-0.2, 0) is 17.6 Å². The fourth-order valence-corrected chi connectivity index (χ4v) is 2.71. The number of fused-ring (bicyclic) bond motifs is 1. The van der Waals surface area contributed by atoms with Crippen LogP contribution in [0.3, 0.4) is 0 Å². The maximum absolute atomic E-state index is 11.7. The van der Waals surface area contributed by atoms with Gasteiger partial charge in [0.05, 0.1) is 6.54 Å². The maximum atomic E-state index is 11.7. The third-order valence-electron chi connectivity index (χ3n) is 3.88. The third-order valence-corrected chi connectivity index (χ3v) is 3.88. The van der Waals surface area contributed by atoms with Crippen molar-refractivity contribution in [2.75, 3.05) is 19.8 Å². The summed E-state index contributed by atoms with van der Waals surface area (Å²) in [5.41, 5.74) is 2.83. The molecule has 2 aromatic carbocycles. The first-order valence-electron chi connectivity index (χ1n) is 8.00. The van der Waals surface area contributed by atoms with Crippen LogP contribution in [0.2, 0.25) is 0 Å². The minimum Gasteiger partial charge on any atom is -0.492 e. The zero-order valence-electron chi connectivity index (χ0n) is 13.1. The van der Waals surface area contributed by atoms with E-state index >= 15 is 0 Å². The van der Waals surface area contributed by atoms with E-state index < -0.39 is 0 Å². The molecule has 1 amide bonds. The Morgan fingerprint density at radius 3 is 2.65 bits per heavy atom. The molecule has 4 nitrogen and oxygen atoms in total. The first kappa shape index (κ1) is 15.4. The predicted molar refractivity (Wildman–Crippen MR) is 88.9 cm³/mol. The van der Waals surface area contributed by atoms with Crippen molar-refractivity contribution in [3.63, 3.8) is 0 Å². The number of hydrogen-bond acceptors (Lipinski definition) is 3. The Bertz CT molecular complexity index is 655. The van der Waals surface area contributed by atoms with Crippen LogP contribution < -0.4 is 14.8 Å². The number of carbonyl (C=O) groups excluding carboxylic acids is 1. The van der Waals surface area contributed by atoms with Crippen molar-refractivity contribution in [3.8, 4) is 11.5 Å². The number of ether oxygens (including phenoxy) is 2. The number of amides is 1. The first-order valence-corrected chi connectivity index (χ1v) is 8.00. The lowest BCUT2D eigenvalue weighted by molar-refractivity contribution is -0.123. The average Bonchev–Trinajstić information content (AvgIpc) is 3.05. The summed E-state index contributed by atoms with van der Waals surface area (Å²) in [6.45, 7) is 0.937. The first-order chi connectivity index (χ1) is 11.3. The largest absolute Gasteiger partial charge is 0.492 e. The molecule has 0 aromatic heterocycles. The van der Waals surface area contributed by atoms with Gasteiger partial charge in [-0.1, -0.05) is 24.3 Å². The fourth-order valence-electron chi connectivity index (χ4n) is 2.71. The highest BCUT2D eigenvalue weighted by molar-refractivity contribution is 5.77. The van der Waals surface area contributed by atoms with Gasteiger partial charge < -0.3 is 14.8 Å². The van der Waals surface area contributed by atoms with Crippen LogP contribution in [0.5, 0.6) is 11.5 Å². The van der Waals surface area contributed by atoms with E-state index in [9.17, 15) is 4.79 Å². The van der Waals surface area contributed by atoms with E-state index in [1.54, 1.807) is 0 Å². The Labute approximate surface area is 136 Å². The Kier molecular flexibility index (Phi) is 5.14. The minimum absolute atomic E-state index is 0.0167. The Balaban J connectivity index is 1.34. The Hall–Kier alpha value is -2.49. The van der Waals surface area contributed by atoms with Gasteiger partial charge in [0.15, 0.2) is 6.61 Å². The quantitative estimate of drug-likeness (QED) is 0.800. The zero-order valence-corrected chi connectivity index (χ0v) is 13.1. The smallest absolute Gasteiger partial charge is 0.258 e. The molecule has 120 valence electrons. The molecule has 0 heterocycles. The molecule has 1 N–H and O–H groups in total. The van der Waals surface area contributed by atoms with Crippen molar-refractivity contribution in [2.45, 2.75) is 19.3 Å². The third kappa shape index (κ3) is 4.49. The number of para-hydroxylation sites is 1. The van der Waals surface area contributed by atoms with Gasteiger partial charge in [-0.25, -0.2) is 0 Å². The van der Waals surface area contributed by atoms with Crippen LogP contribution in [0.25, 0.3) is 0 Å². The SMILES string of the molecule is O=C(COc1ccccc1)NCCOc1ccc2c(c1)CCC2. The lowest BCUT2D eigenvalue weighted by Gasteiger charge is -2.10. The lowest BCUT2D eigenvalue weighted by Crippen LogP contribution is -2.32. The van der Waals surface area contributed by atoms with Crippen molar-refractivity contribution < 1.29 is 14.3 Å². The van der Waals surface area contributed by atoms with Crippen LogP contribution in [0.15, 0.2) is 48.5 Å². The topological polar surface area (TPSA) is 47.6 Å². The highest BCUT2D eigenvalue weighted by Crippen LogP contribution is 2.25. The van der Waals surface area contributed by atoms with Crippen LogP contribution in [-0.4, -0.2) is 25.7 Å². The number of carbonyl (C=O) groups is 1. The van der Waals surface area contributed by atoms with E-state index in [0.29, 0.717) is 18.9 Å². The summed E-state index contributed by atoms with van der Waals surface area (Å²) >= 11 is 0. The second-order valence-electron chi connectivity index (χ2n) is 5.58. The molecule has 0 bridgehead atoms. The minimum atomic E-state index is -0.147. The molecule has 0 radical (unpaired) electrons. The number of rotatable bonds is 7. The summed E-state index contributed by atoms with van der Waals surface area (Å²) in [5, 5.41) is 2.79. The van der Waals surface area contributed by atoms with Crippen LogP contribution in [0.1, 0.15) is 17.5 Å². The van der Waals surface area contributed by atoms with Gasteiger partial charge in [0.25, 0.3) is 5.91 Å². The summed E-state index contributed by atoms with van der Waals surface area (Å²) in [7, 11) is 0. The summed E-state index contributed by atoms with van der Waals surface area (Å²) in [5.74, 6) is 1.42. The number of aryl methyl sites for hydroxylation is 2. The second-order valence-corrected chi connectivity index (χ2v) is 5.58. The molecule has 23 heavy (non-hydrogen) atoms. The molecule has 4 heteroatoms. The van der Waals surface area contributed by atoms with Crippen molar-refractivity contribution in [2.24, 2.45) is 0 Å². The van der Waals surface area contributed by atoms with Gasteiger partial charge in [0, 0.05) is 0 Å². The standard InChI is InChI=1S/C19H21NO3/c21-19(14-23-17-7-2-1-3-8-17)20-11-12-22-18-10-9-15-5-4-6-16(15)13-18/h1-3,7-10,13H,4-6,11-12,14H2,(H,20,21). The monoisotopic (exact) mass is 311 g/mol. The van der Waals surface area contributed by atoms with Gasteiger partial charge in [0.1, 0.15) is 18.1 Å². The molecule has 1 aliphatic rings. The molecule has 1 aliphatic carbocycles. The maximum Gasteiger partial charge on any atom is 0.258 e. The molecule has 3 rings (SSSR count). The summed E-state index contributed by atoms with van der Waals surface area (Å²) in [6, 6.07) is 15.6. The number of hydrogen-bond donors (Lipinski definition) is 1. The van der Waals surface area contributed by atoms with Crippen LogP contribution in [0.4, 0.5) is 0 Å². The van der Waals surface area contributed by atoms with Gasteiger partial charge in [-0.3, -0.25) is 4.79 Å². The average molecular weight is 311 g/mol. The molecular formula is C19H21NO3. The predicted octanol–water partition coefficient (Wildman–Crippen LogP) is 2.75. The molecule has 0 unspecified atom stereocenters. The Morgan fingerprint density at radius 1 is 0.957 bits per heavy atom. The van der Waals surface area contributed by atoms with Gasteiger partial charge in [0.2, 0.25) is 0 Å². The Morgan fingerprint density at radius 2 is 1.78 bits per heavy atom. The second kappa shape index (κ2) is 7.68. The van der Waals surface area contributed by atoms with Gasteiger partial charge in [-0.2, -0.15) is 0 Å². The highest BCUT2D eigenvalue weighted by Gasteiger charge is 2.11. The van der Waals surface area contributed by atoms with E-state index in [1.165, 1.54) is 24.0 Å². The highest BCUT2D eigenvalue weighted by atomic mass is 16.5. The summed E-state index contributed by atoms with van der Waals surface area (Å²) < 4.78 is 11.1. The summed E-state index contributed by atoms with van der Waals surface area (Å²) in [4.78, 5) is 11.7. The lowest BCUT2D eigenvalue weighted by atomic mass is 10.1. The fraction of sp³-hybridized carbons (Fsp3) is 0.316. The molecule has 0 fully saturated rings. The van der Waals surface area contributed by atoms with Gasteiger partial charge in [-0.05, 0) is 54.7 Å². The molecule has 0 spiro atoms. The molecule has 2 aromatic rings. The molecule has 0 saturated carbocycles. The molecule has 0 atom stereocenters. The zero-order chi connectivity index (χ0) is 15.9.